The number of imide groups is 2. The molecule has 3 aromatic rings. The number of amides is 4. The van der Waals surface area contributed by atoms with Gasteiger partial charge in [-0.3, -0.25) is 14.9 Å². The highest BCUT2D eigenvalue weighted by molar-refractivity contribution is 6.39. The number of aromatic nitrogens is 1. The SMILES string of the molecule is COC(=O)c1ccc(Cl)c(-n2c(C)cc(/C=C3\C(=O)NC(=O)N(c4ccc(Cl)cc4)C3=O)c2C)c1. The molecular weight excluding hydrogens is 493 g/mol. The van der Waals surface area contributed by atoms with E-state index in [0.29, 0.717) is 32.6 Å². The standard InChI is InChI=1S/C25H19Cl2N3O5/c1-13-10-16(14(2)29(13)21-12-15(24(33)35-3)4-9-20(21)27)11-19-22(31)28-25(34)30(23(19)32)18-7-5-17(26)6-8-18/h4-12H,1-3H3,(H,28,31,34)/b19-11+. The van der Waals surface area contributed by atoms with E-state index < -0.39 is 23.8 Å². The van der Waals surface area contributed by atoms with E-state index in [0.717, 1.165) is 10.6 Å². The second-order valence-corrected chi connectivity index (χ2v) is 8.60. The van der Waals surface area contributed by atoms with Gasteiger partial charge in [0.2, 0.25) is 0 Å². The molecule has 0 saturated carbocycles. The molecule has 35 heavy (non-hydrogen) atoms. The van der Waals surface area contributed by atoms with Crippen LogP contribution in [0.5, 0.6) is 0 Å². The molecule has 0 aliphatic carbocycles. The molecule has 4 amide bonds. The number of urea groups is 1. The van der Waals surface area contributed by atoms with E-state index in [1.54, 1.807) is 35.8 Å². The van der Waals surface area contributed by atoms with Crippen molar-refractivity contribution in [3.05, 3.63) is 86.7 Å². The number of carbonyl (C=O) groups excluding carboxylic acids is 4. The zero-order valence-electron chi connectivity index (χ0n) is 18.9. The van der Waals surface area contributed by atoms with Crippen LogP contribution in [0.3, 0.4) is 0 Å². The molecule has 0 unspecified atom stereocenters. The maximum atomic E-state index is 13.2. The predicted molar refractivity (Wildman–Crippen MR) is 132 cm³/mol. The van der Waals surface area contributed by atoms with Crippen molar-refractivity contribution in [3.63, 3.8) is 0 Å². The fourth-order valence-corrected chi connectivity index (χ4v) is 4.20. The van der Waals surface area contributed by atoms with Crippen molar-refractivity contribution in [1.29, 1.82) is 0 Å². The molecular formula is C25H19Cl2N3O5. The number of rotatable bonds is 4. The Morgan fingerprint density at radius 3 is 2.34 bits per heavy atom. The zero-order valence-corrected chi connectivity index (χ0v) is 20.4. The van der Waals surface area contributed by atoms with Crippen LogP contribution >= 0.6 is 23.2 Å². The number of barbiturate groups is 1. The van der Waals surface area contributed by atoms with Crippen molar-refractivity contribution in [1.82, 2.24) is 9.88 Å². The fourth-order valence-electron chi connectivity index (χ4n) is 3.87. The van der Waals surface area contributed by atoms with Crippen LogP contribution in [0.2, 0.25) is 10.0 Å². The lowest BCUT2D eigenvalue weighted by atomic mass is 10.1. The highest BCUT2D eigenvalue weighted by Crippen LogP contribution is 2.30. The minimum absolute atomic E-state index is 0.214. The number of hydrogen-bond acceptors (Lipinski definition) is 5. The number of methoxy groups -OCH3 is 1. The largest absolute Gasteiger partial charge is 0.465 e. The molecule has 0 spiro atoms. The third kappa shape index (κ3) is 4.45. The number of esters is 1. The first kappa shape index (κ1) is 24.3. The van der Waals surface area contributed by atoms with Gasteiger partial charge in [-0.2, -0.15) is 0 Å². The lowest BCUT2D eigenvalue weighted by Gasteiger charge is -2.26. The molecule has 2 heterocycles. The lowest BCUT2D eigenvalue weighted by molar-refractivity contribution is -0.122. The summed E-state index contributed by atoms with van der Waals surface area (Å²) in [5, 5.41) is 3.03. The third-order valence-corrected chi connectivity index (χ3v) is 6.14. The first-order chi connectivity index (χ1) is 16.6. The molecule has 178 valence electrons. The smallest absolute Gasteiger partial charge is 0.337 e. The summed E-state index contributed by atoms with van der Waals surface area (Å²) in [6.07, 6.45) is 1.42. The molecule has 10 heteroatoms. The summed E-state index contributed by atoms with van der Waals surface area (Å²) in [5.74, 6) is -2.08. The van der Waals surface area contributed by atoms with Crippen molar-refractivity contribution in [3.8, 4) is 5.69 Å². The molecule has 1 fully saturated rings. The highest BCUT2D eigenvalue weighted by atomic mass is 35.5. The normalized spacial score (nSPS) is 14.9. The van der Waals surface area contributed by atoms with Crippen molar-refractivity contribution in [2.45, 2.75) is 13.8 Å². The average Bonchev–Trinajstić information content (AvgIpc) is 3.10. The first-order valence-electron chi connectivity index (χ1n) is 10.4. The van der Waals surface area contributed by atoms with E-state index >= 15 is 0 Å². The molecule has 1 aromatic heterocycles. The van der Waals surface area contributed by atoms with Crippen LogP contribution < -0.4 is 10.2 Å². The number of nitrogens with zero attached hydrogens (tertiary/aromatic N) is 2. The van der Waals surface area contributed by atoms with Gasteiger partial charge in [0, 0.05) is 16.4 Å². The number of hydrogen-bond donors (Lipinski definition) is 1. The number of carbonyl (C=O) groups is 4. The van der Waals surface area contributed by atoms with Crippen LogP contribution in [0.4, 0.5) is 10.5 Å². The molecule has 0 atom stereocenters. The van der Waals surface area contributed by atoms with Gasteiger partial charge < -0.3 is 9.30 Å². The van der Waals surface area contributed by atoms with E-state index in [2.05, 4.69) is 5.32 Å². The molecule has 1 aliphatic rings. The summed E-state index contributed by atoms with van der Waals surface area (Å²) in [4.78, 5) is 51.1. The van der Waals surface area contributed by atoms with E-state index in [4.69, 9.17) is 27.9 Å². The van der Waals surface area contributed by atoms with Crippen LogP contribution in [-0.4, -0.2) is 35.5 Å². The van der Waals surface area contributed by atoms with Gasteiger partial charge in [0.05, 0.1) is 29.1 Å². The quantitative estimate of drug-likeness (QED) is 0.306. The zero-order chi connectivity index (χ0) is 25.4. The Labute approximate surface area is 210 Å². The van der Waals surface area contributed by atoms with Gasteiger partial charge >= 0.3 is 12.0 Å². The molecule has 0 radical (unpaired) electrons. The Hall–Kier alpha value is -3.88. The molecule has 1 saturated heterocycles. The van der Waals surface area contributed by atoms with Crippen molar-refractivity contribution in [2.24, 2.45) is 0 Å². The van der Waals surface area contributed by atoms with E-state index in [9.17, 15) is 19.2 Å². The summed E-state index contributed by atoms with van der Waals surface area (Å²) >= 11 is 12.3. The lowest BCUT2D eigenvalue weighted by Crippen LogP contribution is -2.54. The van der Waals surface area contributed by atoms with Gasteiger partial charge in [-0.1, -0.05) is 23.2 Å². The monoisotopic (exact) mass is 511 g/mol. The van der Waals surface area contributed by atoms with Gasteiger partial charge in [0.25, 0.3) is 11.8 Å². The van der Waals surface area contributed by atoms with Crippen LogP contribution in [0.25, 0.3) is 11.8 Å². The molecule has 1 aliphatic heterocycles. The second-order valence-electron chi connectivity index (χ2n) is 7.75. The first-order valence-corrected chi connectivity index (χ1v) is 11.1. The summed E-state index contributed by atoms with van der Waals surface area (Å²) in [6.45, 7) is 3.61. The van der Waals surface area contributed by atoms with Gasteiger partial charge in [0.15, 0.2) is 0 Å². The minimum Gasteiger partial charge on any atom is -0.465 e. The third-order valence-electron chi connectivity index (χ3n) is 5.56. The average molecular weight is 512 g/mol. The Balaban J connectivity index is 1.78. The van der Waals surface area contributed by atoms with E-state index in [-0.39, 0.29) is 11.3 Å². The van der Waals surface area contributed by atoms with Crippen LogP contribution in [0.15, 0.2) is 54.1 Å². The van der Waals surface area contributed by atoms with Crippen LogP contribution in [0, 0.1) is 13.8 Å². The molecule has 4 rings (SSSR count). The van der Waals surface area contributed by atoms with E-state index in [1.807, 2.05) is 6.92 Å². The second kappa shape index (κ2) is 9.40. The van der Waals surface area contributed by atoms with Crippen LogP contribution in [-0.2, 0) is 14.3 Å². The molecule has 0 bridgehead atoms. The minimum atomic E-state index is -0.851. The number of halogens is 2. The van der Waals surface area contributed by atoms with Gasteiger partial charge in [0.1, 0.15) is 5.57 Å². The maximum absolute atomic E-state index is 13.2. The summed E-state index contributed by atoms with van der Waals surface area (Å²) in [5.41, 5.74) is 2.87. The van der Waals surface area contributed by atoms with Gasteiger partial charge in [-0.05, 0) is 74.0 Å². The van der Waals surface area contributed by atoms with Crippen molar-refractivity contribution in [2.75, 3.05) is 12.0 Å². The summed E-state index contributed by atoms with van der Waals surface area (Å²) in [7, 11) is 1.29. The Morgan fingerprint density at radius 1 is 1.00 bits per heavy atom. The molecule has 8 nitrogen and oxygen atoms in total. The number of nitrogens with one attached hydrogen (secondary N) is 1. The highest BCUT2D eigenvalue weighted by Gasteiger charge is 2.37. The van der Waals surface area contributed by atoms with Crippen molar-refractivity contribution < 1.29 is 23.9 Å². The van der Waals surface area contributed by atoms with Gasteiger partial charge in [-0.25, -0.2) is 14.5 Å². The van der Waals surface area contributed by atoms with Gasteiger partial charge in [-0.15, -0.1) is 0 Å². The number of anilines is 1. The molecule has 2 aromatic carbocycles. The Kier molecular flexibility index (Phi) is 6.51. The van der Waals surface area contributed by atoms with Crippen molar-refractivity contribution >= 4 is 58.8 Å². The predicted octanol–water partition coefficient (Wildman–Crippen LogP) is 4.85. The fraction of sp³-hybridized carbons (Fsp3) is 0.120. The number of aryl methyl sites for hydroxylation is 1. The number of ether oxygens (including phenoxy) is 1. The Bertz CT molecular complexity index is 1420. The topological polar surface area (TPSA) is 97.7 Å². The van der Waals surface area contributed by atoms with Crippen LogP contribution in [0.1, 0.15) is 27.3 Å². The summed E-state index contributed by atoms with van der Waals surface area (Å²) in [6, 6.07) is 11.8. The van der Waals surface area contributed by atoms with E-state index in [1.165, 1.54) is 37.5 Å². The molecule has 1 N–H and O–H groups in total. The number of benzene rings is 2. The maximum Gasteiger partial charge on any atom is 0.337 e. The summed E-state index contributed by atoms with van der Waals surface area (Å²) < 4.78 is 6.60. The Morgan fingerprint density at radius 2 is 1.69 bits per heavy atom.